The Morgan fingerprint density at radius 1 is 1.26 bits per heavy atom. The number of anilines is 1. The Labute approximate surface area is 279 Å². The highest BCUT2D eigenvalue weighted by molar-refractivity contribution is 8.00. The predicted molar refractivity (Wildman–Crippen MR) is 167 cm³/mol. The van der Waals surface area contributed by atoms with E-state index in [9.17, 15) is 34.1 Å². The predicted octanol–water partition coefficient (Wildman–Crippen LogP) is 2.34. The van der Waals surface area contributed by atoms with E-state index in [-0.39, 0.29) is 44.7 Å². The molecule has 0 saturated carbocycles. The van der Waals surface area contributed by atoms with Crippen molar-refractivity contribution in [3.05, 3.63) is 61.4 Å². The minimum Gasteiger partial charge on any atom is -0.498 e. The second-order valence-electron chi connectivity index (χ2n) is 10.5. The highest BCUT2D eigenvalue weighted by Gasteiger charge is 2.55. The Morgan fingerprint density at radius 3 is 2.57 bits per heavy atom. The first-order chi connectivity index (χ1) is 22.2. The quantitative estimate of drug-likeness (QED) is 0.0763. The lowest BCUT2D eigenvalue weighted by Gasteiger charge is -2.49. The zero-order valence-electron chi connectivity index (χ0n) is 25.1. The molecule has 3 heterocycles. The first kappa shape index (κ1) is 35.1. The molecule has 2 aliphatic heterocycles. The summed E-state index contributed by atoms with van der Waals surface area (Å²) in [5.74, 6) is -2.97. The third-order valence-corrected chi connectivity index (χ3v) is 8.58. The van der Waals surface area contributed by atoms with E-state index in [4.69, 9.17) is 30.6 Å². The number of hydrogen-bond acceptors (Lipinski definition) is 15. The number of nitro benzene ring substituents is 1. The first-order valence-corrected chi connectivity index (χ1v) is 15.7. The van der Waals surface area contributed by atoms with Crippen LogP contribution in [0.2, 0.25) is 4.34 Å². The molecule has 1 aromatic carbocycles. The zero-order chi connectivity index (χ0) is 34.5. The fourth-order valence-electron chi connectivity index (χ4n) is 4.15. The van der Waals surface area contributed by atoms with Crippen molar-refractivity contribution in [2.24, 2.45) is 5.16 Å². The average molecular weight is 711 g/mol. The van der Waals surface area contributed by atoms with Gasteiger partial charge in [-0.05, 0) is 38.5 Å². The minimum absolute atomic E-state index is 0.0375. The molecule has 0 bridgehead atoms. The summed E-state index contributed by atoms with van der Waals surface area (Å²) in [4.78, 5) is 83.6. The average Bonchev–Trinajstić information content (AvgIpc) is 3.38. The van der Waals surface area contributed by atoms with Gasteiger partial charge < -0.3 is 29.7 Å². The number of thioether (sulfide) groups is 1. The molecule has 20 heteroatoms. The molecule has 2 aliphatic rings. The number of esters is 2. The van der Waals surface area contributed by atoms with Gasteiger partial charge in [0.1, 0.15) is 39.4 Å². The van der Waals surface area contributed by atoms with Gasteiger partial charge in [0.15, 0.2) is 16.5 Å². The van der Waals surface area contributed by atoms with Gasteiger partial charge >= 0.3 is 11.9 Å². The topological polar surface area (TPSA) is 218 Å². The molecule has 3 amide bonds. The Bertz CT molecular complexity index is 1650. The highest BCUT2D eigenvalue weighted by Crippen LogP contribution is 2.41. The lowest BCUT2D eigenvalue weighted by atomic mass is 10.0. The Balaban J connectivity index is 1.49. The first-order valence-electron chi connectivity index (χ1n) is 13.5. The van der Waals surface area contributed by atoms with Crippen LogP contribution in [0.1, 0.15) is 32.0 Å². The van der Waals surface area contributed by atoms with Gasteiger partial charge in [0.05, 0.1) is 17.8 Å². The van der Waals surface area contributed by atoms with Gasteiger partial charge in [-0.3, -0.25) is 29.4 Å². The lowest BCUT2D eigenvalue weighted by molar-refractivity contribution is -0.384. The van der Waals surface area contributed by atoms with Gasteiger partial charge in [0.25, 0.3) is 17.5 Å². The summed E-state index contributed by atoms with van der Waals surface area (Å²) in [5.41, 5.74) is -1.32. The van der Waals surface area contributed by atoms with Crippen LogP contribution in [0.15, 0.2) is 40.9 Å². The van der Waals surface area contributed by atoms with Crippen LogP contribution in [0.4, 0.5) is 10.8 Å². The number of nitrogens with zero attached hydrogens (tertiary/aromatic N) is 4. The van der Waals surface area contributed by atoms with E-state index in [1.54, 1.807) is 20.8 Å². The van der Waals surface area contributed by atoms with E-state index in [2.05, 4.69) is 20.8 Å². The molecule has 47 heavy (non-hydrogen) atoms. The number of hydrogen-bond donors (Lipinski definition) is 2. The molecule has 2 aromatic rings. The van der Waals surface area contributed by atoms with Crippen LogP contribution in [0.3, 0.4) is 0 Å². The summed E-state index contributed by atoms with van der Waals surface area (Å²) >= 11 is 8.29. The summed E-state index contributed by atoms with van der Waals surface area (Å²) < 4.78 is 15.8. The number of fused-ring (bicyclic) bond motifs is 1. The minimum atomic E-state index is -1.15. The molecule has 0 aliphatic carbocycles. The lowest BCUT2D eigenvalue weighted by Crippen LogP contribution is -2.71. The van der Waals surface area contributed by atoms with Crippen molar-refractivity contribution < 1.29 is 47.9 Å². The Kier molecular flexibility index (Phi) is 11.0. The highest BCUT2D eigenvalue weighted by atomic mass is 35.5. The number of nitro groups is 1. The van der Waals surface area contributed by atoms with Gasteiger partial charge in [-0.2, -0.15) is 0 Å². The number of ether oxygens (including phenoxy) is 3. The second-order valence-corrected chi connectivity index (χ2v) is 13.2. The molecule has 0 radical (unpaired) electrons. The number of non-ortho nitro benzene ring substituents is 1. The summed E-state index contributed by atoms with van der Waals surface area (Å²) in [6, 6.07) is 4.24. The smallest absolute Gasteiger partial charge is 0.358 e. The number of aromatic nitrogens is 1. The van der Waals surface area contributed by atoms with Crippen molar-refractivity contribution in [2.45, 2.75) is 44.4 Å². The van der Waals surface area contributed by atoms with Gasteiger partial charge in [-0.15, -0.1) is 11.8 Å². The maximum atomic E-state index is 13.5. The normalized spacial score (nSPS) is 17.6. The number of oxime groups is 1. The molecule has 1 fully saturated rings. The van der Waals surface area contributed by atoms with Crippen LogP contribution in [0, 0.1) is 10.1 Å². The number of carbonyl (C=O) groups excluding carboxylic acids is 5. The number of carbonyl (C=O) groups is 5. The SMILES string of the molecule is COC1=C(C(=O)OCc2ccc([N+](=O)[O-])cc2)N2C(=O)C(NC(=O)C(=NOCC(=O)OC(C)(C)C)c3nc(NC=O)sc3Cl)[C@H]2SC1. The molecule has 2 N–H and O–H groups in total. The van der Waals surface area contributed by atoms with Crippen LogP contribution in [-0.4, -0.2) is 87.2 Å². The molecule has 4 rings (SSSR count). The zero-order valence-corrected chi connectivity index (χ0v) is 27.5. The van der Waals surface area contributed by atoms with Crippen LogP contribution in [0.5, 0.6) is 0 Å². The molecule has 1 saturated heterocycles. The van der Waals surface area contributed by atoms with Crippen molar-refractivity contribution in [3.8, 4) is 0 Å². The number of benzene rings is 1. The summed E-state index contributed by atoms with van der Waals surface area (Å²) in [5, 5.41) is 18.8. The van der Waals surface area contributed by atoms with Gasteiger partial charge in [0.2, 0.25) is 13.0 Å². The third kappa shape index (κ3) is 8.35. The monoisotopic (exact) mass is 710 g/mol. The molecule has 1 aromatic heterocycles. The number of amides is 3. The van der Waals surface area contributed by atoms with Crippen LogP contribution in [0.25, 0.3) is 0 Å². The van der Waals surface area contributed by atoms with E-state index >= 15 is 0 Å². The summed E-state index contributed by atoms with van der Waals surface area (Å²) in [6.07, 6.45) is 0.354. The Morgan fingerprint density at radius 2 is 1.96 bits per heavy atom. The van der Waals surface area contributed by atoms with Crippen molar-refractivity contribution in [1.82, 2.24) is 15.2 Å². The number of nitrogens with one attached hydrogen (secondary N) is 2. The molecular weight excluding hydrogens is 684 g/mol. The van der Waals surface area contributed by atoms with Crippen LogP contribution in [-0.2, 0) is 49.6 Å². The number of halogens is 1. The standard InChI is InChI=1S/C27H27ClN6O11S2/c1-27(2,3)45-16(36)10-44-32-18(17-21(28)47-26(31-17)29-12-35)22(37)30-19-23(38)33-20(15(42-4)11-46-24(19)33)25(39)43-9-13-5-7-14(8-6-13)34(40)41/h5-8,12,19,24H,9-11H2,1-4H3,(H,30,37)(H,29,31,35)/t19?,24-/m1/s1. The van der Waals surface area contributed by atoms with Crippen molar-refractivity contribution in [1.29, 1.82) is 0 Å². The Hall–Kier alpha value is -4.75. The molecule has 1 unspecified atom stereocenters. The van der Waals surface area contributed by atoms with Gasteiger partial charge in [-0.1, -0.05) is 28.1 Å². The van der Waals surface area contributed by atoms with Crippen LogP contribution >= 0.6 is 34.7 Å². The van der Waals surface area contributed by atoms with E-state index < -0.39 is 58.0 Å². The maximum absolute atomic E-state index is 13.5. The molecule has 0 spiro atoms. The molecule has 250 valence electrons. The van der Waals surface area contributed by atoms with Crippen molar-refractivity contribution in [3.63, 3.8) is 0 Å². The second kappa shape index (κ2) is 14.8. The number of β-lactam (4-membered cyclic amide) rings is 1. The van der Waals surface area contributed by atoms with Crippen molar-refractivity contribution >= 4 is 81.4 Å². The van der Waals surface area contributed by atoms with E-state index in [0.717, 1.165) is 16.2 Å². The largest absolute Gasteiger partial charge is 0.498 e. The fourth-order valence-corrected chi connectivity index (χ4v) is 6.47. The molecule has 2 atom stereocenters. The fraction of sp³-hybridized carbons (Fsp3) is 0.370. The van der Waals surface area contributed by atoms with E-state index in [1.807, 2.05) is 0 Å². The molecule has 17 nitrogen and oxygen atoms in total. The number of rotatable bonds is 13. The van der Waals surface area contributed by atoms with E-state index in [0.29, 0.717) is 12.0 Å². The summed E-state index contributed by atoms with van der Waals surface area (Å²) in [6.45, 7) is 4.05. The van der Waals surface area contributed by atoms with Crippen LogP contribution < -0.4 is 10.6 Å². The molecular formula is C27H27ClN6O11S2. The van der Waals surface area contributed by atoms with Crippen molar-refractivity contribution in [2.75, 3.05) is 24.8 Å². The number of thiazole rings is 1. The number of methoxy groups -OCH3 is 1. The van der Waals surface area contributed by atoms with Gasteiger partial charge in [0, 0.05) is 12.1 Å². The maximum Gasteiger partial charge on any atom is 0.358 e. The third-order valence-electron chi connectivity index (χ3n) is 6.14. The van der Waals surface area contributed by atoms with Gasteiger partial charge in [-0.25, -0.2) is 14.6 Å². The van der Waals surface area contributed by atoms with E-state index in [1.165, 1.54) is 43.1 Å². The summed E-state index contributed by atoms with van der Waals surface area (Å²) in [7, 11) is 1.33.